The lowest BCUT2D eigenvalue weighted by molar-refractivity contribution is -0.115. The highest BCUT2D eigenvalue weighted by Crippen LogP contribution is 2.27. The van der Waals surface area contributed by atoms with Crippen molar-refractivity contribution in [3.63, 3.8) is 0 Å². The van der Waals surface area contributed by atoms with Crippen LogP contribution in [0.5, 0.6) is 11.5 Å². The lowest BCUT2D eigenvalue weighted by atomic mass is 10.1. The lowest BCUT2D eigenvalue weighted by Gasteiger charge is -2.04. The number of rotatable bonds is 2. The first-order valence-electron chi connectivity index (χ1n) is 5.28. The van der Waals surface area contributed by atoms with Crippen LogP contribution in [-0.2, 0) is 4.79 Å². The van der Waals surface area contributed by atoms with Crippen LogP contribution in [0, 0.1) is 0 Å². The number of phenols is 1. The van der Waals surface area contributed by atoms with Crippen LogP contribution in [0.2, 0.25) is 0 Å². The van der Waals surface area contributed by atoms with Crippen molar-refractivity contribution >= 4 is 17.9 Å². The lowest BCUT2D eigenvalue weighted by Crippen LogP contribution is -2.24. The topological polar surface area (TPSA) is 83.0 Å². The first kappa shape index (κ1) is 12.0. The summed E-state index contributed by atoms with van der Waals surface area (Å²) in [7, 11) is 3.05. The van der Waals surface area contributed by atoms with Crippen LogP contribution in [0.3, 0.4) is 0 Å². The average molecular weight is 247 g/mol. The molecule has 0 saturated carbocycles. The van der Waals surface area contributed by atoms with Gasteiger partial charge in [0.1, 0.15) is 5.70 Å². The van der Waals surface area contributed by atoms with Crippen molar-refractivity contribution in [3.05, 3.63) is 29.5 Å². The van der Waals surface area contributed by atoms with Crippen LogP contribution in [0.15, 0.2) is 28.9 Å². The number of aliphatic imine (C=N–C) groups is 1. The monoisotopic (exact) mass is 247 g/mol. The zero-order chi connectivity index (χ0) is 13.1. The van der Waals surface area contributed by atoms with E-state index in [1.165, 1.54) is 13.2 Å². The Balaban J connectivity index is 2.31. The van der Waals surface area contributed by atoms with E-state index in [0.717, 1.165) is 5.56 Å². The van der Waals surface area contributed by atoms with E-state index in [4.69, 9.17) is 4.74 Å². The molecule has 0 radical (unpaired) electrons. The normalized spacial score (nSPS) is 18.9. The number of carbonyl (C=O) groups excluding carboxylic acids is 1. The number of phenolic OH excluding ortho intramolecular Hbond substituents is 1. The summed E-state index contributed by atoms with van der Waals surface area (Å²) in [5.74, 6) is 0.575. The largest absolute Gasteiger partial charge is 0.504 e. The number of amides is 1. The minimum atomic E-state index is -0.248. The fourth-order valence-corrected chi connectivity index (χ4v) is 1.55. The standard InChI is InChI=1S/C12H13N3O3/c1-13-12-14-8(11(17)15-12)5-7-3-4-9(16)10(6-7)18-2/h3-6,16H,1-2H3,(H2,13,14,15,17)/b8-5+. The molecule has 0 unspecified atom stereocenters. The van der Waals surface area contributed by atoms with E-state index < -0.39 is 0 Å². The number of nitrogens with one attached hydrogen (secondary N) is 2. The molecule has 18 heavy (non-hydrogen) atoms. The molecule has 1 aromatic rings. The molecule has 1 fully saturated rings. The number of hydrogen-bond donors (Lipinski definition) is 3. The van der Waals surface area contributed by atoms with E-state index in [2.05, 4.69) is 15.6 Å². The minimum Gasteiger partial charge on any atom is -0.504 e. The van der Waals surface area contributed by atoms with Gasteiger partial charge in [0, 0.05) is 7.05 Å². The number of carbonyl (C=O) groups is 1. The molecule has 94 valence electrons. The zero-order valence-electron chi connectivity index (χ0n) is 10.0. The van der Waals surface area contributed by atoms with Crippen LogP contribution < -0.4 is 15.4 Å². The second-order valence-electron chi connectivity index (χ2n) is 3.64. The quantitative estimate of drug-likeness (QED) is 0.662. The van der Waals surface area contributed by atoms with Gasteiger partial charge in [-0.3, -0.25) is 15.1 Å². The number of aromatic hydroxyl groups is 1. The molecule has 0 spiro atoms. The third kappa shape index (κ3) is 2.27. The second kappa shape index (κ2) is 4.79. The van der Waals surface area contributed by atoms with Gasteiger partial charge in [0.15, 0.2) is 11.5 Å². The summed E-state index contributed by atoms with van der Waals surface area (Å²) in [6.07, 6.45) is 1.65. The first-order valence-corrected chi connectivity index (χ1v) is 5.28. The minimum absolute atomic E-state index is 0.0549. The van der Waals surface area contributed by atoms with E-state index in [1.807, 2.05) is 0 Å². The van der Waals surface area contributed by atoms with Crippen LogP contribution >= 0.6 is 0 Å². The summed E-state index contributed by atoms with van der Waals surface area (Å²) in [6.45, 7) is 0. The van der Waals surface area contributed by atoms with Crippen LogP contribution in [0.25, 0.3) is 6.08 Å². The van der Waals surface area contributed by atoms with E-state index in [1.54, 1.807) is 25.3 Å². The van der Waals surface area contributed by atoms with Crippen LogP contribution in [-0.4, -0.2) is 31.1 Å². The van der Waals surface area contributed by atoms with Crippen molar-refractivity contribution in [2.75, 3.05) is 14.2 Å². The zero-order valence-corrected chi connectivity index (χ0v) is 10.0. The Morgan fingerprint density at radius 2 is 2.17 bits per heavy atom. The smallest absolute Gasteiger partial charge is 0.274 e. The van der Waals surface area contributed by atoms with Crippen molar-refractivity contribution in [2.45, 2.75) is 0 Å². The number of ether oxygens (including phenoxy) is 1. The molecule has 0 atom stereocenters. The molecule has 1 aliphatic rings. The molecule has 6 nitrogen and oxygen atoms in total. The summed E-state index contributed by atoms with van der Waals surface area (Å²) in [6, 6.07) is 4.83. The molecule has 1 aromatic carbocycles. The van der Waals surface area contributed by atoms with Gasteiger partial charge in [0.05, 0.1) is 7.11 Å². The van der Waals surface area contributed by atoms with Gasteiger partial charge in [0.2, 0.25) is 5.96 Å². The number of nitrogens with zero attached hydrogens (tertiary/aromatic N) is 1. The molecule has 1 aliphatic heterocycles. The molecule has 3 N–H and O–H groups in total. The molecular formula is C12H13N3O3. The maximum atomic E-state index is 11.6. The van der Waals surface area contributed by atoms with E-state index in [-0.39, 0.29) is 11.7 Å². The number of methoxy groups -OCH3 is 1. The van der Waals surface area contributed by atoms with Crippen molar-refractivity contribution < 1.29 is 14.6 Å². The SMILES string of the molecule is CN=C1NC(=O)/C(=C\c2ccc(O)c(OC)c2)N1. The summed E-state index contributed by atoms with van der Waals surface area (Å²) in [5.41, 5.74) is 1.13. The van der Waals surface area contributed by atoms with Gasteiger partial charge in [-0.05, 0) is 23.8 Å². The highest BCUT2D eigenvalue weighted by Gasteiger charge is 2.20. The Labute approximate surface area is 104 Å². The number of benzene rings is 1. The van der Waals surface area contributed by atoms with Crippen molar-refractivity contribution in [1.82, 2.24) is 10.6 Å². The highest BCUT2D eigenvalue weighted by atomic mass is 16.5. The van der Waals surface area contributed by atoms with Gasteiger partial charge >= 0.3 is 0 Å². The summed E-state index contributed by atoms with van der Waals surface area (Å²) < 4.78 is 5.00. The van der Waals surface area contributed by atoms with E-state index in [0.29, 0.717) is 17.4 Å². The van der Waals surface area contributed by atoms with Crippen molar-refractivity contribution in [3.8, 4) is 11.5 Å². The third-order valence-electron chi connectivity index (χ3n) is 2.47. The van der Waals surface area contributed by atoms with Gasteiger partial charge in [-0.2, -0.15) is 0 Å². The Kier molecular flexibility index (Phi) is 3.18. The van der Waals surface area contributed by atoms with Gasteiger partial charge in [0.25, 0.3) is 5.91 Å². The molecule has 2 rings (SSSR count). The molecule has 1 amide bonds. The predicted octanol–water partition coefficient (Wildman–Crippen LogP) is 0.447. The average Bonchev–Trinajstić information content (AvgIpc) is 2.72. The third-order valence-corrected chi connectivity index (χ3v) is 2.47. The van der Waals surface area contributed by atoms with Gasteiger partial charge < -0.3 is 15.2 Å². The molecule has 0 bridgehead atoms. The Bertz CT molecular complexity index is 549. The van der Waals surface area contributed by atoms with Crippen molar-refractivity contribution in [2.24, 2.45) is 4.99 Å². The fourth-order valence-electron chi connectivity index (χ4n) is 1.55. The summed E-state index contributed by atoms with van der Waals surface area (Å²) >= 11 is 0. The molecule has 0 aromatic heterocycles. The number of guanidine groups is 1. The molecule has 1 heterocycles. The molecular weight excluding hydrogens is 234 g/mol. The number of hydrogen-bond acceptors (Lipinski definition) is 4. The predicted molar refractivity (Wildman–Crippen MR) is 67.3 cm³/mol. The molecule has 6 heteroatoms. The van der Waals surface area contributed by atoms with Crippen LogP contribution in [0.4, 0.5) is 0 Å². The highest BCUT2D eigenvalue weighted by molar-refractivity contribution is 6.15. The Hall–Kier alpha value is -2.50. The first-order chi connectivity index (χ1) is 8.63. The van der Waals surface area contributed by atoms with E-state index >= 15 is 0 Å². The summed E-state index contributed by atoms with van der Waals surface area (Å²) in [5, 5.41) is 14.9. The van der Waals surface area contributed by atoms with E-state index in [9.17, 15) is 9.90 Å². The van der Waals surface area contributed by atoms with Gasteiger partial charge in [-0.15, -0.1) is 0 Å². The van der Waals surface area contributed by atoms with Gasteiger partial charge in [-0.1, -0.05) is 6.07 Å². The molecule has 1 saturated heterocycles. The van der Waals surface area contributed by atoms with Crippen molar-refractivity contribution in [1.29, 1.82) is 0 Å². The fraction of sp³-hybridized carbons (Fsp3) is 0.167. The Morgan fingerprint density at radius 1 is 1.39 bits per heavy atom. The maximum absolute atomic E-state index is 11.6. The maximum Gasteiger partial charge on any atom is 0.274 e. The summed E-state index contributed by atoms with van der Waals surface area (Å²) in [4.78, 5) is 15.4. The van der Waals surface area contributed by atoms with Gasteiger partial charge in [-0.25, -0.2) is 0 Å². The molecule has 0 aliphatic carbocycles. The Morgan fingerprint density at radius 3 is 2.78 bits per heavy atom. The van der Waals surface area contributed by atoms with Crippen LogP contribution in [0.1, 0.15) is 5.56 Å². The second-order valence-corrected chi connectivity index (χ2v) is 3.64.